The van der Waals surface area contributed by atoms with Gasteiger partial charge in [0.05, 0.1) is 50.5 Å². The maximum Gasteiger partial charge on any atom is 0.308 e. The lowest BCUT2D eigenvalue weighted by Crippen LogP contribution is -2.35. The second-order valence-electron chi connectivity index (χ2n) is 10.8. The van der Waals surface area contributed by atoms with Gasteiger partial charge in [0.1, 0.15) is 23.1 Å². The Morgan fingerprint density at radius 1 is 0.714 bits per heavy atom. The van der Waals surface area contributed by atoms with Gasteiger partial charge in [-0.2, -0.15) is 0 Å². The quantitative estimate of drug-likeness (QED) is 0.384. The van der Waals surface area contributed by atoms with E-state index in [4.69, 9.17) is 18.9 Å². The van der Waals surface area contributed by atoms with Crippen LogP contribution in [0, 0.1) is 23.5 Å². The molecule has 0 amide bonds. The van der Waals surface area contributed by atoms with Crippen LogP contribution in [0.2, 0.25) is 0 Å². The van der Waals surface area contributed by atoms with Gasteiger partial charge in [-0.25, -0.2) is 8.78 Å². The molecule has 8 nitrogen and oxygen atoms in total. The van der Waals surface area contributed by atoms with Gasteiger partial charge in [-0.1, -0.05) is 0 Å². The average Bonchev–Trinajstić information content (AvgIpc) is 2.99. The molecule has 2 saturated carbocycles. The molecule has 4 rings (SSSR count). The summed E-state index contributed by atoms with van der Waals surface area (Å²) in [6.45, 7) is 4.24. The van der Waals surface area contributed by atoms with Crippen LogP contribution in [0.4, 0.5) is 8.78 Å². The standard InChI is InChI=1S/2C16H21FO4/c2*1-3-21-15(18)11-6-8-16(19,9-7-11)13-10-12(20-2)4-5-14(13)17/h2*4-5,10-11,19H,3,6-9H2,1-2H3. The summed E-state index contributed by atoms with van der Waals surface area (Å²) in [5.41, 5.74) is -2.02. The second kappa shape index (κ2) is 14.8. The number of halogens is 2. The number of hydrogen-bond donors (Lipinski definition) is 2. The van der Waals surface area contributed by atoms with Crippen molar-refractivity contribution in [2.45, 2.75) is 76.4 Å². The minimum Gasteiger partial charge on any atom is -0.497 e. The van der Waals surface area contributed by atoms with Crippen LogP contribution in [0.1, 0.15) is 76.3 Å². The molecule has 0 saturated heterocycles. The van der Waals surface area contributed by atoms with E-state index in [1.807, 2.05) is 0 Å². The highest BCUT2D eigenvalue weighted by Crippen LogP contribution is 2.43. The molecule has 2 aromatic carbocycles. The van der Waals surface area contributed by atoms with E-state index < -0.39 is 22.8 Å². The molecule has 10 heteroatoms. The summed E-state index contributed by atoms with van der Waals surface area (Å²) in [6, 6.07) is 8.69. The molecule has 232 valence electrons. The Morgan fingerprint density at radius 3 is 1.33 bits per heavy atom. The summed E-state index contributed by atoms with van der Waals surface area (Å²) in [7, 11) is 3.00. The third kappa shape index (κ3) is 7.98. The van der Waals surface area contributed by atoms with Crippen molar-refractivity contribution >= 4 is 11.9 Å². The molecule has 2 fully saturated rings. The molecule has 0 atom stereocenters. The van der Waals surface area contributed by atoms with Gasteiger partial charge in [0, 0.05) is 11.1 Å². The van der Waals surface area contributed by atoms with Crippen LogP contribution in [0.5, 0.6) is 11.5 Å². The van der Waals surface area contributed by atoms with Gasteiger partial charge in [0.2, 0.25) is 0 Å². The first kappa shape index (κ1) is 33.3. The van der Waals surface area contributed by atoms with E-state index >= 15 is 0 Å². The molecule has 2 N–H and O–H groups in total. The smallest absolute Gasteiger partial charge is 0.308 e. The molecule has 0 radical (unpaired) electrons. The summed E-state index contributed by atoms with van der Waals surface area (Å²) in [6.07, 6.45) is 3.30. The fraction of sp³-hybridized carbons (Fsp3) is 0.562. The molecular weight excluding hydrogens is 550 g/mol. The summed E-state index contributed by atoms with van der Waals surface area (Å²) in [5, 5.41) is 21.5. The average molecular weight is 593 g/mol. The van der Waals surface area contributed by atoms with E-state index in [0.29, 0.717) is 76.1 Å². The lowest BCUT2D eigenvalue weighted by molar-refractivity contribution is -0.152. The number of ether oxygens (including phenoxy) is 4. The number of carbonyl (C=O) groups is 2. The van der Waals surface area contributed by atoms with Gasteiger partial charge in [-0.15, -0.1) is 0 Å². The van der Waals surface area contributed by atoms with E-state index in [9.17, 15) is 28.6 Å². The van der Waals surface area contributed by atoms with Gasteiger partial charge in [-0.3, -0.25) is 9.59 Å². The Morgan fingerprint density at radius 2 is 1.05 bits per heavy atom. The van der Waals surface area contributed by atoms with E-state index in [2.05, 4.69) is 0 Å². The SMILES string of the molecule is CCOC(=O)C1CCC(O)(c2cc(OC)ccc2F)CC1.CCOC(=O)C1CCC(O)(c2cc(OC)ccc2F)CC1. The number of benzene rings is 2. The first-order chi connectivity index (χ1) is 20.0. The first-order valence-electron chi connectivity index (χ1n) is 14.5. The van der Waals surface area contributed by atoms with Crippen molar-refractivity contribution in [2.24, 2.45) is 11.8 Å². The molecule has 2 aliphatic rings. The van der Waals surface area contributed by atoms with Crippen molar-refractivity contribution in [1.82, 2.24) is 0 Å². The minimum absolute atomic E-state index is 0.209. The highest BCUT2D eigenvalue weighted by Gasteiger charge is 2.40. The predicted molar refractivity (Wildman–Crippen MR) is 151 cm³/mol. The van der Waals surface area contributed by atoms with Crippen LogP contribution in [-0.4, -0.2) is 49.6 Å². The fourth-order valence-electron chi connectivity index (χ4n) is 5.70. The van der Waals surface area contributed by atoms with Crippen LogP contribution in [0.3, 0.4) is 0 Å². The Balaban J connectivity index is 0.000000230. The Bertz CT molecular complexity index is 1110. The summed E-state index contributed by atoms with van der Waals surface area (Å²) in [5.74, 6) is -0.769. The van der Waals surface area contributed by atoms with Gasteiger partial charge in [0.25, 0.3) is 0 Å². The van der Waals surface area contributed by atoms with Crippen molar-refractivity contribution in [1.29, 1.82) is 0 Å². The van der Waals surface area contributed by atoms with Crippen molar-refractivity contribution in [2.75, 3.05) is 27.4 Å². The Kier molecular flexibility index (Phi) is 11.7. The number of aliphatic hydroxyl groups is 2. The summed E-state index contributed by atoms with van der Waals surface area (Å²) in [4.78, 5) is 23.4. The third-order valence-electron chi connectivity index (χ3n) is 8.22. The normalized spacial score (nSPS) is 25.4. The van der Waals surface area contributed by atoms with Crippen LogP contribution in [0.25, 0.3) is 0 Å². The van der Waals surface area contributed by atoms with Crippen molar-refractivity contribution in [3.63, 3.8) is 0 Å². The van der Waals surface area contributed by atoms with Crippen LogP contribution in [0.15, 0.2) is 36.4 Å². The summed E-state index contributed by atoms with van der Waals surface area (Å²) >= 11 is 0. The van der Waals surface area contributed by atoms with Crippen molar-refractivity contribution in [3.8, 4) is 11.5 Å². The molecule has 0 aliphatic heterocycles. The number of carbonyl (C=O) groups excluding carboxylic acids is 2. The lowest BCUT2D eigenvalue weighted by Gasteiger charge is -2.35. The molecular formula is C32H42F2O8. The zero-order valence-corrected chi connectivity index (χ0v) is 24.8. The maximum absolute atomic E-state index is 14.0. The number of methoxy groups -OCH3 is 2. The van der Waals surface area contributed by atoms with Crippen molar-refractivity contribution in [3.05, 3.63) is 59.2 Å². The molecule has 0 heterocycles. The molecule has 0 unspecified atom stereocenters. The summed E-state index contributed by atoms with van der Waals surface area (Å²) < 4.78 is 48.2. The van der Waals surface area contributed by atoms with E-state index in [-0.39, 0.29) is 34.9 Å². The van der Waals surface area contributed by atoms with E-state index in [1.165, 1.54) is 50.6 Å². The zero-order valence-electron chi connectivity index (χ0n) is 24.8. The molecule has 2 aliphatic carbocycles. The number of rotatable bonds is 8. The number of esters is 2. The Labute approximate surface area is 245 Å². The first-order valence-corrected chi connectivity index (χ1v) is 14.5. The molecule has 0 aromatic heterocycles. The fourth-order valence-corrected chi connectivity index (χ4v) is 5.70. The minimum atomic E-state index is -1.25. The van der Waals surface area contributed by atoms with E-state index in [1.54, 1.807) is 13.8 Å². The highest BCUT2D eigenvalue weighted by atomic mass is 19.1. The lowest BCUT2D eigenvalue weighted by atomic mass is 9.75. The largest absolute Gasteiger partial charge is 0.497 e. The zero-order chi connectivity index (χ0) is 30.9. The number of hydrogen-bond acceptors (Lipinski definition) is 8. The van der Waals surface area contributed by atoms with Gasteiger partial charge in [0.15, 0.2) is 0 Å². The highest BCUT2D eigenvalue weighted by molar-refractivity contribution is 5.73. The van der Waals surface area contributed by atoms with Gasteiger partial charge in [-0.05, 0) is 102 Å². The topological polar surface area (TPSA) is 112 Å². The Hall–Kier alpha value is -3.24. The third-order valence-corrected chi connectivity index (χ3v) is 8.22. The van der Waals surface area contributed by atoms with Gasteiger partial charge < -0.3 is 29.2 Å². The van der Waals surface area contributed by atoms with Crippen LogP contribution >= 0.6 is 0 Å². The second-order valence-corrected chi connectivity index (χ2v) is 10.8. The van der Waals surface area contributed by atoms with Gasteiger partial charge >= 0.3 is 11.9 Å². The molecule has 0 spiro atoms. The molecule has 2 aromatic rings. The predicted octanol–water partition coefficient (Wildman–Crippen LogP) is 5.55. The van der Waals surface area contributed by atoms with Crippen molar-refractivity contribution < 1.29 is 47.5 Å². The molecule has 0 bridgehead atoms. The van der Waals surface area contributed by atoms with E-state index in [0.717, 1.165) is 0 Å². The van der Waals surface area contributed by atoms with Crippen LogP contribution in [-0.2, 0) is 30.3 Å². The monoisotopic (exact) mass is 592 g/mol. The van der Waals surface area contributed by atoms with Crippen LogP contribution < -0.4 is 9.47 Å². The maximum atomic E-state index is 14.0. The molecule has 42 heavy (non-hydrogen) atoms.